The fourth-order valence-electron chi connectivity index (χ4n) is 2.78. The SMILES string of the molecule is CCn1ncc(CN(C)CC(=O)N[C@@H](C)c2ccc(C)cc2)c1C. The number of carbonyl (C=O) groups excluding carboxylic acids is 1. The number of benzene rings is 1. The van der Waals surface area contributed by atoms with Gasteiger partial charge in [0.05, 0.1) is 18.8 Å². The van der Waals surface area contributed by atoms with E-state index in [-0.39, 0.29) is 11.9 Å². The molecule has 1 N–H and O–H groups in total. The van der Waals surface area contributed by atoms with Crippen LogP contribution in [-0.4, -0.2) is 34.2 Å². The fraction of sp³-hybridized carbons (Fsp3) is 0.474. The molecule has 2 aromatic rings. The van der Waals surface area contributed by atoms with E-state index in [2.05, 4.69) is 55.5 Å². The Bertz CT molecular complexity index is 675. The number of carbonyl (C=O) groups is 1. The third kappa shape index (κ3) is 4.68. The van der Waals surface area contributed by atoms with Gasteiger partial charge in [-0.25, -0.2) is 0 Å². The molecule has 0 aliphatic heterocycles. The maximum absolute atomic E-state index is 12.3. The van der Waals surface area contributed by atoms with Gasteiger partial charge in [0.25, 0.3) is 0 Å². The summed E-state index contributed by atoms with van der Waals surface area (Å²) in [6, 6.07) is 8.27. The van der Waals surface area contributed by atoms with Crippen LogP contribution in [0, 0.1) is 13.8 Å². The van der Waals surface area contributed by atoms with Gasteiger partial charge in [0.15, 0.2) is 0 Å². The summed E-state index contributed by atoms with van der Waals surface area (Å²) >= 11 is 0. The fourth-order valence-corrected chi connectivity index (χ4v) is 2.78. The van der Waals surface area contributed by atoms with Gasteiger partial charge < -0.3 is 5.32 Å². The number of rotatable bonds is 7. The van der Waals surface area contributed by atoms with Gasteiger partial charge in [-0.15, -0.1) is 0 Å². The molecule has 1 heterocycles. The zero-order valence-corrected chi connectivity index (χ0v) is 15.3. The van der Waals surface area contributed by atoms with Crippen molar-refractivity contribution in [3.63, 3.8) is 0 Å². The van der Waals surface area contributed by atoms with Gasteiger partial charge in [0.1, 0.15) is 0 Å². The minimum absolute atomic E-state index is 0.0103. The second-order valence-corrected chi connectivity index (χ2v) is 6.44. The summed E-state index contributed by atoms with van der Waals surface area (Å²) < 4.78 is 1.97. The molecular weight excluding hydrogens is 300 g/mol. The number of likely N-dealkylation sites (N-methyl/N-ethyl adjacent to an activating group) is 1. The van der Waals surface area contributed by atoms with Gasteiger partial charge in [-0.2, -0.15) is 5.10 Å². The summed E-state index contributed by atoms with van der Waals surface area (Å²) in [5.41, 5.74) is 4.67. The quantitative estimate of drug-likeness (QED) is 0.850. The van der Waals surface area contributed by atoms with Gasteiger partial charge in [-0.1, -0.05) is 29.8 Å². The van der Waals surface area contributed by atoms with Crippen molar-refractivity contribution >= 4 is 5.91 Å². The molecule has 0 aliphatic carbocycles. The Morgan fingerprint density at radius 3 is 2.54 bits per heavy atom. The molecule has 1 aromatic heterocycles. The van der Waals surface area contributed by atoms with Crippen molar-refractivity contribution in [3.05, 3.63) is 52.8 Å². The van der Waals surface area contributed by atoms with Crippen molar-refractivity contribution in [1.29, 1.82) is 0 Å². The third-order valence-electron chi connectivity index (χ3n) is 4.31. The molecule has 24 heavy (non-hydrogen) atoms. The number of nitrogens with one attached hydrogen (secondary N) is 1. The lowest BCUT2D eigenvalue weighted by atomic mass is 10.1. The first-order chi connectivity index (χ1) is 11.4. The molecule has 0 aliphatic rings. The first-order valence-electron chi connectivity index (χ1n) is 8.46. The van der Waals surface area contributed by atoms with E-state index in [0.717, 1.165) is 24.3 Å². The average Bonchev–Trinajstić information content (AvgIpc) is 2.87. The molecule has 130 valence electrons. The van der Waals surface area contributed by atoms with Crippen LogP contribution >= 0.6 is 0 Å². The Kier molecular flexibility index (Phi) is 6.15. The van der Waals surface area contributed by atoms with Crippen LogP contribution in [0.2, 0.25) is 0 Å². The minimum atomic E-state index is 0.0103. The molecule has 0 unspecified atom stereocenters. The predicted molar refractivity (Wildman–Crippen MR) is 96.7 cm³/mol. The van der Waals surface area contributed by atoms with Crippen LogP contribution in [0.4, 0.5) is 0 Å². The molecule has 2 rings (SSSR count). The molecule has 1 amide bonds. The van der Waals surface area contributed by atoms with Crippen LogP contribution in [0.25, 0.3) is 0 Å². The first-order valence-corrected chi connectivity index (χ1v) is 8.46. The minimum Gasteiger partial charge on any atom is -0.348 e. The van der Waals surface area contributed by atoms with Crippen LogP contribution in [0.3, 0.4) is 0 Å². The van der Waals surface area contributed by atoms with Gasteiger partial charge >= 0.3 is 0 Å². The maximum atomic E-state index is 12.3. The lowest BCUT2D eigenvalue weighted by Gasteiger charge is -2.19. The van der Waals surface area contributed by atoms with Crippen LogP contribution < -0.4 is 5.32 Å². The summed E-state index contributed by atoms with van der Waals surface area (Å²) in [6.45, 7) is 10.2. The highest BCUT2D eigenvalue weighted by atomic mass is 16.2. The predicted octanol–water partition coefficient (Wildman–Crippen LogP) is 2.83. The monoisotopic (exact) mass is 328 g/mol. The lowest BCUT2D eigenvalue weighted by Crippen LogP contribution is -2.36. The highest BCUT2D eigenvalue weighted by Crippen LogP contribution is 2.13. The van der Waals surface area contributed by atoms with E-state index < -0.39 is 0 Å². The molecule has 5 nitrogen and oxygen atoms in total. The van der Waals surface area contributed by atoms with E-state index in [0.29, 0.717) is 6.54 Å². The molecule has 5 heteroatoms. The van der Waals surface area contributed by atoms with E-state index in [4.69, 9.17) is 0 Å². The summed E-state index contributed by atoms with van der Waals surface area (Å²) in [6.07, 6.45) is 1.89. The molecule has 0 bridgehead atoms. The molecule has 0 spiro atoms. The smallest absolute Gasteiger partial charge is 0.234 e. The van der Waals surface area contributed by atoms with Gasteiger partial charge in [0.2, 0.25) is 5.91 Å². The number of nitrogens with zero attached hydrogens (tertiary/aromatic N) is 3. The molecule has 0 saturated carbocycles. The van der Waals surface area contributed by atoms with Crippen LogP contribution in [0.5, 0.6) is 0 Å². The van der Waals surface area contributed by atoms with Crippen LogP contribution in [-0.2, 0) is 17.9 Å². The summed E-state index contributed by atoms with van der Waals surface area (Å²) in [5.74, 6) is 0.0334. The van der Waals surface area contributed by atoms with Crippen LogP contribution in [0.1, 0.15) is 42.3 Å². The Balaban J connectivity index is 1.86. The molecule has 0 saturated heterocycles. The average molecular weight is 328 g/mol. The van der Waals surface area contributed by atoms with E-state index >= 15 is 0 Å². The van der Waals surface area contributed by atoms with Gasteiger partial charge in [0, 0.05) is 24.3 Å². The lowest BCUT2D eigenvalue weighted by molar-refractivity contribution is -0.122. The zero-order valence-electron chi connectivity index (χ0n) is 15.3. The summed E-state index contributed by atoms with van der Waals surface area (Å²) in [5, 5.41) is 7.41. The number of aromatic nitrogens is 2. The van der Waals surface area contributed by atoms with Gasteiger partial charge in [-0.3, -0.25) is 14.4 Å². The Hall–Kier alpha value is -2.14. The first kappa shape index (κ1) is 18.2. The van der Waals surface area contributed by atoms with Crippen molar-refractivity contribution in [3.8, 4) is 0 Å². The number of hydrogen-bond donors (Lipinski definition) is 1. The van der Waals surface area contributed by atoms with Gasteiger partial charge in [-0.05, 0) is 40.3 Å². The van der Waals surface area contributed by atoms with Crippen LogP contribution in [0.15, 0.2) is 30.5 Å². The Morgan fingerprint density at radius 2 is 1.96 bits per heavy atom. The molecule has 0 radical (unpaired) electrons. The van der Waals surface area contributed by atoms with E-state index in [1.54, 1.807) is 0 Å². The highest BCUT2D eigenvalue weighted by Gasteiger charge is 2.13. The Morgan fingerprint density at radius 1 is 1.29 bits per heavy atom. The van der Waals surface area contributed by atoms with Crippen molar-refractivity contribution in [2.45, 2.75) is 46.8 Å². The summed E-state index contributed by atoms with van der Waals surface area (Å²) in [4.78, 5) is 14.3. The molecule has 0 fully saturated rings. The van der Waals surface area contributed by atoms with Crippen molar-refractivity contribution in [2.75, 3.05) is 13.6 Å². The largest absolute Gasteiger partial charge is 0.348 e. The topological polar surface area (TPSA) is 50.2 Å². The normalized spacial score (nSPS) is 12.4. The van der Waals surface area contributed by atoms with Crippen molar-refractivity contribution in [2.24, 2.45) is 0 Å². The van der Waals surface area contributed by atoms with Crippen molar-refractivity contribution in [1.82, 2.24) is 20.0 Å². The Labute approximate surface area is 144 Å². The van der Waals surface area contributed by atoms with E-state index in [9.17, 15) is 4.79 Å². The number of amides is 1. The third-order valence-corrected chi connectivity index (χ3v) is 4.31. The molecule has 1 atom stereocenters. The second-order valence-electron chi connectivity index (χ2n) is 6.44. The maximum Gasteiger partial charge on any atom is 0.234 e. The molecule has 1 aromatic carbocycles. The van der Waals surface area contributed by atoms with E-state index in [1.165, 1.54) is 11.1 Å². The highest BCUT2D eigenvalue weighted by molar-refractivity contribution is 5.78. The zero-order chi connectivity index (χ0) is 17.7. The van der Waals surface area contributed by atoms with E-state index in [1.807, 2.05) is 29.7 Å². The number of aryl methyl sites for hydroxylation is 2. The second kappa shape index (κ2) is 8.11. The summed E-state index contributed by atoms with van der Waals surface area (Å²) in [7, 11) is 1.96. The van der Waals surface area contributed by atoms with Crippen molar-refractivity contribution < 1.29 is 4.79 Å². The molecular formula is C19H28N4O. The number of hydrogen-bond acceptors (Lipinski definition) is 3. The standard InChI is InChI=1S/C19H28N4O/c1-6-23-16(4)18(11-20-23)12-22(5)13-19(24)21-15(3)17-9-7-14(2)8-10-17/h7-11,15H,6,12-13H2,1-5H3,(H,21,24)/t15-/m0/s1.